The molecule has 0 spiro atoms. The minimum Gasteiger partial charge on any atom is -0.463 e. The first-order chi connectivity index (χ1) is 9.13. The molecule has 1 rings (SSSR count). The van der Waals surface area contributed by atoms with Gasteiger partial charge in [0.05, 0.1) is 6.61 Å². The third-order valence-corrected chi connectivity index (χ3v) is 2.18. The molecule has 0 saturated carbocycles. The van der Waals surface area contributed by atoms with Crippen molar-refractivity contribution in [2.24, 2.45) is 0 Å². The fraction of sp³-hybridized carbons (Fsp3) is 0.267. The molecule has 0 aliphatic carbocycles. The molecule has 0 unspecified atom stereocenters. The number of aliphatic hydroxyl groups is 2. The summed E-state index contributed by atoms with van der Waals surface area (Å²) in [5.41, 5.74) is 0.739. The molecule has 0 amide bonds. The Kier molecular flexibility index (Phi) is 6.37. The summed E-state index contributed by atoms with van der Waals surface area (Å²) in [6.45, 7) is 1.94. The molecule has 0 bridgehead atoms. The summed E-state index contributed by atoms with van der Waals surface area (Å²) in [5.74, 6) is 4.67. The normalized spacial score (nSPS) is 13.4. The second-order valence-electron chi connectivity index (χ2n) is 3.68. The Morgan fingerprint density at radius 3 is 2.68 bits per heavy atom. The molecule has 0 radical (unpaired) electrons. The Bertz CT molecular complexity index is 482. The Labute approximate surface area is 112 Å². The lowest BCUT2D eigenvalue weighted by Gasteiger charge is -2.07. The maximum absolute atomic E-state index is 11.0. The molecule has 0 saturated heterocycles. The van der Waals surface area contributed by atoms with Crippen LogP contribution in [0, 0.1) is 11.8 Å². The van der Waals surface area contributed by atoms with Crippen LogP contribution in [0.25, 0.3) is 0 Å². The molecule has 0 aliphatic rings. The van der Waals surface area contributed by atoms with Crippen LogP contribution in [0.15, 0.2) is 42.5 Å². The van der Waals surface area contributed by atoms with Gasteiger partial charge < -0.3 is 14.9 Å². The summed E-state index contributed by atoms with van der Waals surface area (Å²) < 4.78 is 4.65. The van der Waals surface area contributed by atoms with Gasteiger partial charge in [-0.05, 0) is 25.1 Å². The van der Waals surface area contributed by atoms with Crippen LogP contribution in [-0.2, 0) is 9.53 Å². The maximum Gasteiger partial charge on any atom is 0.330 e. The molecular formula is C15H16O4. The van der Waals surface area contributed by atoms with Gasteiger partial charge in [-0.1, -0.05) is 30.0 Å². The smallest absolute Gasteiger partial charge is 0.330 e. The number of rotatable bonds is 4. The van der Waals surface area contributed by atoms with Gasteiger partial charge >= 0.3 is 5.97 Å². The third-order valence-electron chi connectivity index (χ3n) is 2.18. The number of aliphatic hydroxyl groups excluding tert-OH is 2. The molecule has 1 aromatic carbocycles. The van der Waals surface area contributed by atoms with E-state index in [9.17, 15) is 15.0 Å². The van der Waals surface area contributed by atoms with E-state index < -0.39 is 18.2 Å². The van der Waals surface area contributed by atoms with Crippen LogP contribution < -0.4 is 0 Å². The highest BCUT2D eigenvalue weighted by Crippen LogP contribution is 1.98. The Hall–Kier alpha value is -2.09. The average molecular weight is 260 g/mol. The van der Waals surface area contributed by atoms with E-state index in [0.717, 1.165) is 17.7 Å². The second kappa shape index (κ2) is 8.09. The Morgan fingerprint density at radius 2 is 2.05 bits per heavy atom. The molecule has 0 aromatic heterocycles. The fourth-order valence-corrected chi connectivity index (χ4v) is 1.24. The standard InChI is InChI=1S/C15H16O4/c1-2-19-15(18)11-10-14(17)13(16)9-8-12-6-4-3-5-7-12/h3-7,10-11,13-14,16-17H,2H2,1H3/t13-,14-/m0/s1. The number of carbonyl (C=O) groups excluding carboxylic acids is 1. The monoisotopic (exact) mass is 260 g/mol. The molecular weight excluding hydrogens is 244 g/mol. The minimum atomic E-state index is -1.26. The van der Waals surface area contributed by atoms with Crippen molar-refractivity contribution in [2.45, 2.75) is 19.1 Å². The molecule has 0 heterocycles. The second-order valence-corrected chi connectivity index (χ2v) is 3.68. The first-order valence-corrected chi connectivity index (χ1v) is 5.91. The van der Waals surface area contributed by atoms with Gasteiger partial charge in [-0.25, -0.2) is 4.79 Å². The Balaban J connectivity index is 2.56. The van der Waals surface area contributed by atoms with Crippen molar-refractivity contribution in [3.05, 3.63) is 48.0 Å². The van der Waals surface area contributed by atoms with Gasteiger partial charge in [-0.3, -0.25) is 0 Å². The number of ether oxygens (including phenoxy) is 1. The van der Waals surface area contributed by atoms with Gasteiger partial charge in [-0.2, -0.15) is 0 Å². The highest BCUT2D eigenvalue weighted by Gasteiger charge is 2.10. The van der Waals surface area contributed by atoms with E-state index in [0.29, 0.717) is 0 Å². The molecule has 2 atom stereocenters. The van der Waals surface area contributed by atoms with Gasteiger partial charge in [0.15, 0.2) is 0 Å². The Morgan fingerprint density at radius 1 is 1.37 bits per heavy atom. The number of esters is 1. The highest BCUT2D eigenvalue weighted by molar-refractivity contribution is 5.81. The van der Waals surface area contributed by atoms with E-state index >= 15 is 0 Å². The van der Waals surface area contributed by atoms with Crippen LogP contribution in [0.2, 0.25) is 0 Å². The van der Waals surface area contributed by atoms with E-state index in [1.54, 1.807) is 19.1 Å². The molecule has 1 aromatic rings. The summed E-state index contributed by atoms with van der Waals surface area (Å²) in [5, 5.41) is 19.2. The van der Waals surface area contributed by atoms with Crippen molar-refractivity contribution in [2.75, 3.05) is 6.61 Å². The predicted octanol–water partition coefficient (Wildman–Crippen LogP) is 0.879. The van der Waals surface area contributed by atoms with E-state index in [2.05, 4.69) is 16.6 Å². The summed E-state index contributed by atoms with van der Waals surface area (Å²) in [4.78, 5) is 11.0. The number of carbonyl (C=O) groups is 1. The first kappa shape index (κ1) is 15.0. The topological polar surface area (TPSA) is 66.8 Å². The van der Waals surface area contributed by atoms with Crippen LogP contribution in [-0.4, -0.2) is 35.0 Å². The quantitative estimate of drug-likeness (QED) is 0.479. The SMILES string of the molecule is CCOC(=O)C=C[C@H](O)[C@@H](O)C#Cc1ccccc1. The van der Waals surface area contributed by atoms with E-state index in [-0.39, 0.29) is 6.61 Å². The van der Waals surface area contributed by atoms with Gasteiger partial charge in [0.25, 0.3) is 0 Å². The zero-order valence-electron chi connectivity index (χ0n) is 10.6. The minimum absolute atomic E-state index is 0.260. The predicted molar refractivity (Wildman–Crippen MR) is 71.1 cm³/mol. The van der Waals surface area contributed by atoms with Crippen LogP contribution in [0.1, 0.15) is 12.5 Å². The van der Waals surface area contributed by atoms with E-state index in [1.807, 2.05) is 18.2 Å². The number of benzene rings is 1. The lowest BCUT2D eigenvalue weighted by molar-refractivity contribution is -0.137. The van der Waals surface area contributed by atoms with Crippen LogP contribution in [0.3, 0.4) is 0 Å². The fourth-order valence-electron chi connectivity index (χ4n) is 1.24. The van der Waals surface area contributed by atoms with Crippen LogP contribution >= 0.6 is 0 Å². The molecule has 19 heavy (non-hydrogen) atoms. The van der Waals surface area contributed by atoms with Crippen molar-refractivity contribution in [1.29, 1.82) is 0 Å². The molecule has 4 nitrogen and oxygen atoms in total. The summed E-state index contributed by atoms with van der Waals surface area (Å²) in [6.07, 6.45) is -0.268. The van der Waals surface area contributed by atoms with Crippen molar-refractivity contribution in [1.82, 2.24) is 0 Å². The zero-order chi connectivity index (χ0) is 14.1. The lowest BCUT2D eigenvalue weighted by atomic mass is 10.1. The largest absolute Gasteiger partial charge is 0.463 e. The molecule has 2 N–H and O–H groups in total. The van der Waals surface area contributed by atoms with Gasteiger partial charge in [0.2, 0.25) is 0 Å². The van der Waals surface area contributed by atoms with E-state index in [4.69, 9.17) is 0 Å². The first-order valence-electron chi connectivity index (χ1n) is 5.91. The van der Waals surface area contributed by atoms with Gasteiger partial charge in [-0.15, -0.1) is 0 Å². The molecule has 100 valence electrons. The molecule has 0 fully saturated rings. The number of hydrogen-bond acceptors (Lipinski definition) is 4. The van der Waals surface area contributed by atoms with Crippen molar-refractivity contribution < 1.29 is 19.7 Å². The summed E-state index contributed by atoms with van der Waals surface area (Å²) >= 11 is 0. The van der Waals surface area contributed by atoms with Crippen LogP contribution in [0.5, 0.6) is 0 Å². The van der Waals surface area contributed by atoms with Crippen molar-refractivity contribution in [3.8, 4) is 11.8 Å². The summed E-state index contributed by atoms with van der Waals surface area (Å²) in [7, 11) is 0. The molecule has 0 aliphatic heterocycles. The summed E-state index contributed by atoms with van der Waals surface area (Å²) in [6, 6.07) is 9.10. The van der Waals surface area contributed by atoms with Crippen molar-refractivity contribution >= 4 is 5.97 Å². The lowest BCUT2D eigenvalue weighted by Crippen LogP contribution is -2.22. The number of hydrogen-bond donors (Lipinski definition) is 2. The zero-order valence-corrected chi connectivity index (χ0v) is 10.6. The van der Waals surface area contributed by atoms with Gasteiger partial charge in [0.1, 0.15) is 12.2 Å². The van der Waals surface area contributed by atoms with Gasteiger partial charge in [0, 0.05) is 11.6 Å². The van der Waals surface area contributed by atoms with Crippen LogP contribution in [0.4, 0.5) is 0 Å². The third kappa shape index (κ3) is 5.87. The maximum atomic E-state index is 11.0. The van der Waals surface area contributed by atoms with E-state index in [1.165, 1.54) is 0 Å². The molecule has 4 heteroatoms. The van der Waals surface area contributed by atoms with Crippen molar-refractivity contribution in [3.63, 3.8) is 0 Å². The average Bonchev–Trinajstić information content (AvgIpc) is 2.43. The highest BCUT2D eigenvalue weighted by atomic mass is 16.5.